The summed E-state index contributed by atoms with van der Waals surface area (Å²) in [5, 5.41) is 1.30. The van der Waals surface area contributed by atoms with Crippen molar-refractivity contribution in [2.45, 2.75) is 20.3 Å². The van der Waals surface area contributed by atoms with Gasteiger partial charge >= 0.3 is 5.97 Å². The second-order valence-corrected chi connectivity index (χ2v) is 6.76. The summed E-state index contributed by atoms with van der Waals surface area (Å²) in [6.07, 6.45) is 0.845. The van der Waals surface area contributed by atoms with Crippen LogP contribution in [0.2, 0.25) is 5.02 Å². The van der Waals surface area contributed by atoms with Crippen molar-refractivity contribution in [1.82, 2.24) is 4.98 Å². The molecule has 0 aliphatic rings. The van der Waals surface area contributed by atoms with Gasteiger partial charge in [0.25, 0.3) is 5.56 Å². The van der Waals surface area contributed by atoms with Crippen molar-refractivity contribution >= 4 is 39.1 Å². The summed E-state index contributed by atoms with van der Waals surface area (Å²) in [5.41, 5.74) is 0.728. The van der Waals surface area contributed by atoms with Crippen LogP contribution < -0.4 is 5.56 Å². The molecule has 3 aromatic rings. The Morgan fingerprint density at radius 3 is 2.71 bits per heavy atom. The first-order chi connectivity index (χ1) is 11.6. The van der Waals surface area contributed by atoms with Crippen molar-refractivity contribution in [3.63, 3.8) is 0 Å². The van der Waals surface area contributed by atoms with E-state index in [-0.39, 0.29) is 12.2 Å². The summed E-state index contributed by atoms with van der Waals surface area (Å²) in [7, 11) is 0. The van der Waals surface area contributed by atoms with Gasteiger partial charge in [0.05, 0.1) is 6.61 Å². The largest absolute Gasteiger partial charge is 0.462 e. The Kier molecular flexibility index (Phi) is 4.73. The maximum Gasteiger partial charge on any atom is 0.344 e. The fourth-order valence-electron chi connectivity index (χ4n) is 2.65. The Hall–Kier alpha value is -2.11. The van der Waals surface area contributed by atoms with Crippen LogP contribution in [0.5, 0.6) is 0 Å². The van der Waals surface area contributed by atoms with E-state index in [1.807, 2.05) is 31.2 Å². The van der Waals surface area contributed by atoms with E-state index < -0.39 is 11.5 Å². The zero-order valence-corrected chi connectivity index (χ0v) is 14.9. The van der Waals surface area contributed by atoms with E-state index in [0.717, 1.165) is 21.5 Å². The molecular formula is C18H16ClNO3S. The number of carbonyl (C=O) groups excluding carboxylic acids is 1. The van der Waals surface area contributed by atoms with Gasteiger partial charge in [0.2, 0.25) is 0 Å². The van der Waals surface area contributed by atoms with E-state index >= 15 is 0 Å². The van der Waals surface area contributed by atoms with Gasteiger partial charge in [0, 0.05) is 26.4 Å². The molecule has 4 nitrogen and oxygen atoms in total. The molecule has 0 bridgehead atoms. The lowest BCUT2D eigenvalue weighted by Gasteiger charge is -2.11. The molecule has 0 fully saturated rings. The third kappa shape index (κ3) is 2.85. The highest BCUT2D eigenvalue weighted by atomic mass is 35.5. The lowest BCUT2D eigenvalue weighted by Crippen LogP contribution is -2.21. The molecular weight excluding hydrogens is 346 g/mol. The van der Waals surface area contributed by atoms with Gasteiger partial charge in [-0.15, -0.1) is 11.3 Å². The molecule has 0 unspecified atom stereocenters. The number of fused-ring (bicyclic) bond motifs is 1. The first-order valence-corrected chi connectivity index (χ1v) is 8.87. The molecule has 0 aliphatic heterocycles. The fourth-order valence-corrected chi connectivity index (χ4v) is 3.88. The second-order valence-electron chi connectivity index (χ2n) is 5.21. The predicted molar refractivity (Wildman–Crippen MR) is 98.2 cm³/mol. The molecule has 2 aromatic heterocycles. The van der Waals surface area contributed by atoms with Crippen LogP contribution in [-0.4, -0.2) is 17.6 Å². The molecule has 124 valence electrons. The molecule has 0 atom stereocenters. The third-order valence-electron chi connectivity index (χ3n) is 3.73. The normalized spacial score (nSPS) is 11.0. The van der Waals surface area contributed by atoms with Gasteiger partial charge in [-0.2, -0.15) is 0 Å². The van der Waals surface area contributed by atoms with Crippen molar-refractivity contribution in [3.8, 4) is 11.1 Å². The minimum absolute atomic E-state index is 0.00194. The summed E-state index contributed by atoms with van der Waals surface area (Å²) in [5.74, 6) is -0.639. The molecule has 0 amide bonds. The number of hydrogen-bond donors (Lipinski definition) is 1. The Labute approximate surface area is 148 Å². The summed E-state index contributed by atoms with van der Waals surface area (Å²) >= 11 is 7.85. The number of aryl methyl sites for hydroxylation is 1. The van der Waals surface area contributed by atoms with E-state index in [0.29, 0.717) is 16.1 Å². The van der Waals surface area contributed by atoms with Crippen LogP contribution in [0, 0.1) is 0 Å². The van der Waals surface area contributed by atoms with Crippen LogP contribution in [0.15, 0.2) is 35.1 Å². The van der Waals surface area contributed by atoms with Crippen molar-refractivity contribution in [3.05, 3.63) is 56.1 Å². The topological polar surface area (TPSA) is 59.2 Å². The van der Waals surface area contributed by atoms with Crippen LogP contribution >= 0.6 is 22.9 Å². The highest BCUT2D eigenvalue weighted by Gasteiger charge is 2.24. The highest BCUT2D eigenvalue weighted by molar-refractivity contribution is 7.18. The van der Waals surface area contributed by atoms with Gasteiger partial charge in [-0.3, -0.25) is 4.79 Å². The fraction of sp³-hybridized carbons (Fsp3) is 0.222. The number of pyridine rings is 1. The van der Waals surface area contributed by atoms with Gasteiger partial charge < -0.3 is 9.72 Å². The molecule has 0 radical (unpaired) electrons. The number of aromatic amines is 1. The molecule has 0 spiro atoms. The molecule has 0 saturated carbocycles. The average Bonchev–Trinajstić information content (AvgIpc) is 2.97. The lowest BCUT2D eigenvalue weighted by molar-refractivity contribution is 0.0525. The maximum atomic E-state index is 12.6. The number of aromatic nitrogens is 1. The van der Waals surface area contributed by atoms with E-state index in [4.69, 9.17) is 16.3 Å². The lowest BCUT2D eigenvalue weighted by atomic mass is 9.98. The number of benzene rings is 1. The maximum absolute atomic E-state index is 12.6. The van der Waals surface area contributed by atoms with Crippen molar-refractivity contribution < 1.29 is 9.53 Å². The van der Waals surface area contributed by atoms with Gasteiger partial charge in [0.15, 0.2) is 0 Å². The molecule has 0 aliphatic carbocycles. The summed E-state index contributed by atoms with van der Waals surface area (Å²) in [6, 6.07) is 9.19. The smallest absolute Gasteiger partial charge is 0.344 e. The Bertz CT molecular complexity index is 974. The third-order valence-corrected chi connectivity index (χ3v) is 5.25. The Morgan fingerprint density at radius 2 is 2.04 bits per heavy atom. The van der Waals surface area contributed by atoms with Crippen LogP contribution in [0.1, 0.15) is 29.1 Å². The second kappa shape index (κ2) is 6.79. The Balaban J connectivity index is 2.43. The van der Waals surface area contributed by atoms with Crippen molar-refractivity contribution in [1.29, 1.82) is 0 Å². The average molecular weight is 362 g/mol. The van der Waals surface area contributed by atoms with Gasteiger partial charge in [0.1, 0.15) is 10.4 Å². The molecule has 2 heterocycles. The van der Waals surface area contributed by atoms with E-state index in [1.165, 1.54) is 11.3 Å². The molecule has 3 rings (SSSR count). The van der Waals surface area contributed by atoms with Crippen molar-refractivity contribution in [2.75, 3.05) is 6.61 Å². The van der Waals surface area contributed by atoms with Crippen LogP contribution in [0.25, 0.3) is 21.3 Å². The molecule has 1 aromatic carbocycles. The monoisotopic (exact) mass is 361 g/mol. The minimum Gasteiger partial charge on any atom is -0.462 e. The van der Waals surface area contributed by atoms with E-state index in [9.17, 15) is 9.59 Å². The molecule has 0 saturated heterocycles. The van der Waals surface area contributed by atoms with Crippen molar-refractivity contribution in [2.24, 2.45) is 0 Å². The molecule has 1 N–H and O–H groups in total. The number of thiophene rings is 1. The summed E-state index contributed by atoms with van der Waals surface area (Å²) in [6.45, 7) is 3.95. The SMILES string of the molecule is CCOC(=O)c1c(-c2ccccc2Cl)c2cc(CC)sc2[nH]c1=O. The highest BCUT2D eigenvalue weighted by Crippen LogP contribution is 2.37. The number of ether oxygens (including phenoxy) is 1. The number of hydrogen-bond acceptors (Lipinski definition) is 4. The number of rotatable bonds is 4. The quantitative estimate of drug-likeness (QED) is 0.688. The van der Waals surface area contributed by atoms with Gasteiger partial charge in [-0.25, -0.2) is 4.79 Å². The van der Waals surface area contributed by atoms with E-state index in [1.54, 1.807) is 13.0 Å². The molecule has 24 heavy (non-hydrogen) atoms. The van der Waals surface area contributed by atoms with Crippen LogP contribution in [0.4, 0.5) is 0 Å². The number of esters is 1. The van der Waals surface area contributed by atoms with Gasteiger partial charge in [-0.05, 0) is 25.5 Å². The Morgan fingerprint density at radius 1 is 1.29 bits per heavy atom. The molecule has 6 heteroatoms. The standard InChI is InChI=1S/C18H16ClNO3S/c1-3-10-9-12-14(11-7-5-6-8-13(11)19)15(18(22)23-4-2)16(21)20-17(12)24-10/h5-9H,3-4H2,1-2H3,(H,20,21). The first-order valence-electron chi connectivity index (χ1n) is 7.67. The number of halogens is 1. The number of H-pyrrole nitrogens is 1. The van der Waals surface area contributed by atoms with Crippen LogP contribution in [-0.2, 0) is 11.2 Å². The first kappa shape index (κ1) is 16.7. The van der Waals surface area contributed by atoms with E-state index in [2.05, 4.69) is 4.98 Å². The number of nitrogens with one attached hydrogen (secondary N) is 1. The minimum atomic E-state index is -0.639. The van der Waals surface area contributed by atoms with Gasteiger partial charge in [-0.1, -0.05) is 36.7 Å². The zero-order chi connectivity index (χ0) is 17.3. The summed E-state index contributed by atoms with van der Waals surface area (Å²) < 4.78 is 5.09. The zero-order valence-electron chi connectivity index (χ0n) is 13.3. The number of carbonyl (C=O) groups is 1. The predicted octanol–water partition coefficient (Wildman–Crippen LogP) is 4.65. The van der Waals surface area contributed by atoms with Crippen LogP contribution in [0.3, 0.4) is 0 Å². The summed E-state index contributed by atoms with van der Waals surface area (Å²) in [4.78, 5) is 29.6.